The predicted molar refractivity (Wildman–Crippen MR) is 108 cm³/mol. The van der Waals surface area contributed by atoms with Gasteiger partial charge in [0.1, 0.15) is 17.1 Å². The van der Waals surface area contributed by atoms with Gasteiger partial charge in [-0.1, -0.05) is 0 Å². The smallest absolute Gasteiger partial charge is 0.407 e. The number of carbonyl (C=O) groups is 1. The fourth-order valence-corrected chi connectivity index (χ4v) is 4.02. The van der Waals surface area contributed by atoms with Gasteiger partial charge in [-0.05, 0) is 45.1 Å². The van der Waals surface area contributed by atoms with Crippen molar-refractivity contribution in [3.63, 3.8) is 0 Å². The van der Waals surface area contributed by atoms with E-state index in [-0.39, 0.29) is 17.7 Å². The highest BCUT2D eigenvalue weighted by molar-refractivity contribution is 5.89. The Bertz CT molecular complexity index is 1050. The van der Waals surface area contributed by atoms with Gasteiger partial charge in [0.25, 0.3) is 0 Å². The number of aromatic amines is 1. The Morgan fingerprint density at radius 2 is 2.24 bits per heavy atom. The van der Waals surface area contributed by atoms with Crippen molar-refractivity contribution in [2.75, 3.05) is 5.32 Å². The van der Waals surface area contributed by atoms with Crippen LogP contribution in [0.5, 0.6) is 0 Å². The molecule has 0 radical (unpaired) electrons. The lowest BCUT2D eigenvalue weighted by Crippen LogP contribution is -2.36. The molecule has 3 heterocycles. The normalized spacial score (nSPS) is 22.6. The standard InChI is InChI=1S/C20H25N7O2/c1-20(6-7-20)24-19(28)29-13-4-3-12(9-13)15-10-17(26-25-15)23-14-5-8-21-16-11-22-27(2)18(14)16/h5,8,10-13H,3-4,6-7,9H2,1-2H3,(H,24,28)(H2,21,23,25,26)/t12-,13+/m0/s1. The van der Waals surface area contributed by atoms with E-state index >= 15 is 0 Å². The van der Waals surface area contributed by atoms with Gasteiger partial charge in [-0.15, -0.1) is 0 Å². The number of pyridine rings is 1. The zero-order valence-corrected chi connectivity index (χ0v) is 16.6. The van der Waals surface area contributed by atoms with Crippen molar-refractivity contribution in [1.82, 2.24) is 30.3 Å². The molecule has 152 valence electrons. The van der Waals surface area contributed by atoms with E-state index in [4.69, 9.17) is 4.74 Å². The molecule has 9 nitrogen and oxygen atoms in total. The molecule has 0 saturated heterocycles. The molecule has 0 aromatic carbocycles. The molecular weight excluding hydrogens is 370 g/mol. The maximum atomic E-state index is 12.0. The van der Waals surface area contributed by atoms with E-state index in [2.05, 4.69) is 30.9 Å². The van der Waals surface area contributed by atoms with Crippen molar-refractivity contribution < 1.29 is 9.53 Å². The number of aromatic nitrogens is 5. The summed E-state index contributed by atoms with van der Waals surface area (Å²) >= 11 is 0. The van der Waals surface area contributed by atoms with Crippen LogP contribution in [0.3, 0.4) is 0 Å². The first-order valence-corrected chi connectivity index (χ1v) is 10.1. The van der Waals surface area contributed by atoms with Crippen LogP contribution in [0.15, 0.2) is 24.5 Å². The third kappa shape index (κ3) is 3.64. The van der Waals surface area contributed by atoms with Crippen molar-refractivity contribution in [2.45, 2.75) is 56.6 Å². The lowest BCUT2D eigenvalue weighted by Gasteiger charge is -2.16. The molecule has 3 N–H and O–H groups in total. The molecule has 1 amide bonds. The average Bonchev–Trinajstić information content (AvgIpc) is 3.10. The fraction of sp³-hybridized carbons (Fsp3) is 0.500. The quantitative estimate of drug-likeness (QED) is 0.611. The van der Waals surface area contributed by atoms with Crippen LogP contribution in [0.25, 0.3) is 11.0 Å². The van der Waals surface area contributed by atoms with Gasteiger partial charge in [0, 0.05) is 36.5 Å². The number of amides is 1. The molecule has 3 aromatic rings. The molecule has 2 atom stereocenters. The van der Waals surface area contributed by atoms with E-state index in [1.807, 2.05) is 26.1 Å². The minimum absolute atomic E-state index is 0.0451. The molecule has 9 heteroatoms. The van der Waals surface area contributed by atoms with Gasteiger partial charge in [-0.3, -0.25) is 14.8 Å². The van der Waals surface area contributed by atoms with Gasteiger partial charge in [-0.25, -0.2) is 4.79 Å². The minimum Gasteiger partial charge on any atom is -0.446 e. The molecule has 0 unspecified atom stereocenters. The molecule has 2 aliphatic carbocycles. The number of fused-ring (bicyclic) bond motifs is 1. The number of alkyl carbamates (subject to hydrolysis) is 1. The lowest BCUT2D eigenvalue weighted by atomic mass is 10.0. The molecule has 5 rings (SSSR count). The summed E-state index contributed by atoms with van der Waals surface area (Å²) in [5.74, 6) is 1.05. The SMILES string of the molecule is Cn1ncc2nccc(Nc3cc([C@H]4CC[C@@H](OC(=O)NC5(C)CC5)C4)[nH]n3)c21. The van der Waals surface area contributed by atoms with E-state index in [0.717, 1.165) is 60.3 Å². The zero-order chi connectivity index (χ0) is 20.0. The Hall–Kier alpha value is -3.10. The molecule has 2 aliphatic rings. The maximum Gasteiger partial charge on any atom is 0.407 e. The first kappa shape index (κ1) is 18.0. The Balaban J connectivity index is 1.22. The van der Waals surface area contributed by atoms with E-state index in [1.165, 1.54) is 0 Å². The van der Waals surface area contributed by atoms with Crippen LogP contribution in [-0.2, 0) is 11.8 Å². The van der Waals surface area contributed by atoms with Crippen LogP contribution in [0.2, 0.25) is 0 Å². The Morgan fingerprint density at radius 1 is 1.38 bits per heavy atom. The number of nitrogens with zero attached hydrogens (tertiary/aromatic N) is 4. The van der Waals surface area contributed by atoms with Gasteiger partial charge in [0.15, 0.2) is 5.82 Å². The van der Waals surface area contributed by atoms with Crippen molar-refractivity contribution in [3.05, 3.63) is 30.2 Å². The molecule has 2 fully saturated rings. The number of aryl methyl sites for hydroxylation is 1. The topological polar surface area (TPSA) is 110 Å². The van der Waals surface area contributed by atoms with Crippen LogP contribution in [-0.4, -0.2) is 42.7 Å². The van der Waals surface area contributed by atoms with E-state index in [9.17, 15) is 4.79 Å². The van der Waals surface area contributed by atoms with Crippen molar-refractivity contribution in [2.24, 2.45) is 7.05 Å². The van der Waals surface area contributed by atoms with Crippen molar-refractivity contribution >= 4 is 28.6 Å². The number of rotatable bonds is 5. The Labute approximate surface area is 168 Å². The van der Waals surface area contributed by atoms with Crippen molar-refractivity contribution in [3.8, 4) is 0 Å². The number of hydrogen-bond donors (Lipinski definition) is 3. The number of ether oxygens (including phenoxy) is 1. The van der Waals surface area contributed by atoms with Crippen LogP contribution >= 0.6 is 0 Å². The third-order valence-corrected chi connectivity index (χ3v) is 5.99. The largest absolute Gasteiger partial charge is 0.446 e. The average molecular weight is 395 g/mol. The molecule has 2 saturated carbocycles. The first-order chi connectivity index (χ1) is 14.0. The molecule has 29 heavy (non-hydrogen) atoms. The van der Waals surface area contributed by atoms with Gasteiger partial charge < -0.3 is 15.4 Å². The fourth-order valence-electron chi connectivity index (χ4n) is 4.02. The monoisotopic (exact) mass is 395 g/mol. The summed E-state index contributed by atoms with van der Waals surface area (Å²) in [7, 11) is 1.89. The summed E-state index contributed by atoms with van der Waals surface area (Å²) in [6.07, 6.45) is 7.88. The summed E-state index contributed by atoms with van der Waals surface area (Å²) < 4.78 is 7.41. The van der Waals surface area contributed by atoms with Gasteiger partial charge in [0.2, 0.25) is 0 Å². The summed E-state index contributed by atoms with van der Waals surface area (Å²) in [6.45, 7) is 2.05. The van der Waals surface area contributed by atoms with E-state index < -0.39 is 0 Å². The third-order valence-electron chi connectivity index (χ3n) is 5.99. The molecule has 0 aliphatic heterocycles. The zero-order valence-electron chi connectivity index (χ0n) is 16.6. The van der Waals surface area contributed by atoms with Gasteiger partial charge >= 0.3 is 6.09 Å². The Kier molecular flexibility index (Phi) is 4.18. The number of hydrogen-bond acceptors (Lipinski definition) is 6. The van der Waals surface area contributed by atoms with Crippen LogP contribution in [0.4, 0.5) is 16.3 Å². The molecule has 0 bridgehead atoms. The molecule has 3 aromatic heterocycles. The van der Waals surface area contributed by atoms with Crippen LogP contribution in [0, 0.1) is 0 Å². The van der Waals surface area contributed by atoms with Gasteiger partial charge in [-0.2, -0.15) is 10.2 Å². The summed E-state index contributed by atoms with van der Waals surface area (Å²) in [5.41, 5.74) is 3.68. The highest BCUT2D eigenvalue weighted by Gasteiger charge is 2.40. The number of anilines is 2. The van der Waals surface area contributed by atoms with Crippen LogP contribution < -0.4 is 10.6 Å². The maximum absolute atomic E-state index is 12.0. The second-order valence-corrected chi connectivity index (χ2v) is 8.42. The summed E-state index contributed by atoms with van der Waals surface area (Å²) in [6, 6.07) is 3.94. The van der Waals surface area contributed by atoms with Crippen LogP contribution in [0.1, 0.15) is 50.6 Å². The minimum atomic E-state index is -0.291. The summed E-state index contributed by atoms with van der Waals surface area (Å²) in [5, 5.41) is 18.1. The second-order valence-electron chi connectivity index (χ2n) is 8.42. The second kappa shape index (κ2) is 6.75. The molecular formula is C20H25N7O2. The first-order valence-electron chi connectivity index (χ1n) is 10.1. The van der Waals surface area contributed by atoms with E-state index in [1.54, 1.807) is 17.1 Å². The molecule has 0 spiro atoms. The van der Waals surface area contributed by atoms with E-state index in [0.29, 0.717) is 5.92 Å². The summed E-state index contributed by atoms with van der Waals surface area (Å²) in [4.78, 5) is 16.4. The lowest BCUT2D eigenvalue weighted by molar-refractivity contribution is 0.0967. The Morgan fingerprint density at radius 3 is 3.07 bits per heavy atom. The predicted octanol–water partition coefficient (Wildman–Crippen LogP) is 3.35. The number of H-pyrrole nitrogens is 1. The van der Waals surface area contributed by atoms with Crippen molar-refractivity contribution in [1.29, 1.82) is 0 Å². The number of carbonyl (C=O) groups excluding carboxylic acids is 1. The highest BCUT2D eigenvalue weighted by Crippen LogP contribution is 2.37. The van der Waals surface area contributed by atoms with Gasteiger partial charge in [0.05, 0.1) is 11.9 Å². The highest BCUT2D eigenvalue weighted by atomic mass is 16.6. The number of nitrogens with one attached hydrogen (secondary N) is 3.